The third kappa shape index (κ3) is 3.25. The number of alkyl halides is 2. The lowest BCUT2D eigenvalue weighted by Crippen LogP contribution is -2.52. The van der Waals surface area contributed by atoms with E-state index in [1.807, 2.05) is 0 Å². The van der Waals surface area contributed by atoms with Crippen LogP contribution in [0.5, 0.6) is 0 Å². The van der Waals surface area contributed by atoms with Gasteiger partial charge < -0.3 is 5.73 Å². The van der Waals surface area contributed by atoms with Gasteiger partial charge in [0, 0.05) is 19.5 Å². The van der Waals surface area contributed by atoms with E-state index in [0.29, 0.717) is 16.7 Å². The first-order valence-electron chi connectivity index (χ1n) is 8.83. The van der Waals surface area contributed by atoms with Crippen molar-refractivity contribution in [1.82, 2.24) is 4.90 Å². The van der Waals surface area contributed by atoms with Crippen LogP contribution in [0.4, 0.5) is 13.2 Å². The minimum absolute atomic E-state index is 0.0455. The third-order valence-electron chi connectivity index (χ3n) is 5.31. The molecule has 0 fully saturated rings. The molecule has 0 aliphatic carbocycles. The Hall–Kier alpha value is -2.83. The molecule has 4 nitrogen and oxygen atoms in total. The highest BCUT2D eigenvalue weighted by molar-refractivity contribution is 6.02. The van der Waals surface area contributed by atoms with Crippen molar-refractivity contribution in [3.8, 4) is 0 Å². The van der Waals surface area contributed by atoms with E-state index in [1.54, 1.807) is 19.9 Å². The molecular weight excluding hydrogens is 367 g/mol. The monoisotopic (exact) mass is 389 g/mol. The molecule has 0 saturated carbocycles. The largest absolute Gasteiger partial charge is 0.369 e. The average molecular weight is 389 g/mol. The van der Waals surface area contributed by atoms with Crippen LogP contribution in [0.3, 0.4) is 0 Å². The molecular formula is C21H22F3N3O. The van der Waals surface area contributed by atoms with Gasteiger partial charge in [0.05, 0.1) is 5.92 Å². The number of amides is 1. The van der Waals surface area contributed by atoms with Crippen molar-refractivity contribution in [2.75, 3.05) is 7.05 Å². The first-order valence-corrected chi connectivity index (χ1v) is 8.83. The lowest BCUT2D eigenvalue weighted by atomic mass is 9.73. The first-order chi connectivity index (χ1) is 12.9. The van der Waals surface area contributed by atoms with Crippen LogP contribution in [0.15, 0.2) is 47.5 Å². The molecule has 2 atom stereocenters. The maximum Gasteiger partial charge on any atom is 0.270 e. The lowest BCUT2D eigenvalue weighted by molar-refractivity contribution is -0.130. The number of nitrogens with zero attached hydrogens (tertiary/aromatic N) is 2. The molecule has 1 aliphatic rings. The SMILES string of the molecule is Cc1cc(F)ccc1C1(C)N=C(N)N(C)C(=O)[C@@H]1c1ccc(C(C)(F)F)cc1. The average Bonchev–Trinajstić information content (AvgIpc) is 2.59. The zero-order chi connectivity index (χ0) is 20.9. The predicted molar refractivity (Wildman–Crippen MR) is 102 cm³/mol. The number of nitrogens with two attached hydrogens (primary N) is 1. The molecule has 28 heavy (non-hydrogen) atoms. The zero-order valence-electron chi connectivity index (χ0n) is 16.1. The molecule has 3 rings (SSSR count). The van der Waals surface area contributed by atoms with E-state index in [2.05, 4.69) is 4.99 Å². The third-order valence-corrected chi connectivity index (χ3v) is 5.31. The zero-order valence-corrected chi connectivity index (χ0v) is 16.1. The van der Waals surface area contributed by atoms with Gasteiger partial charge in [-0.3, -0.25) is 9.69 Å². The summed E-state index contributed by atoms with van der Waals surface area (Å²) in [5.74, 6) is -4.44. The molecule has 1 heterocycles. The number of aryl methyl sites for hydroxylation is 1. The highest BCUT2D eigenvalue weighted by Crippen LogP contribution is 2.45. The van der Waals surface area contributed by atoms with Crippen molar-refractivity contribution in [2.45, 2.75) is 38.2 Å². The van der Waals surface area contributed by atoms with Crippen molar-refractivity contribution >= 4 is 11.9 Å². The van der Waals surface area contributed by atoms with Crippen LogP contribution in [0.2, 0.25) is 0 Å². The highest BCUT2D eigenvalue weighted by atomic mass is 19.3. The number of carbonyl (C=O) groups is 1. The number of rotatable bonds is 3. The Morgan fingerprint density at radius 1 is 1.18 bits per heavy atom. The number of hydrogen-bond acceptors (Lipinski definition) is 3. The van der Waals surface area contributed by atoms with Crippen molar-refractivity contribution in [3.05, 3.63) is 70.5 Å². The number of hydrogen-bond donors (Lipinski definition) is 1. The Balaban J connectivity index is 2.19. The molecule has 0 bridgehead atoms. The Morgan fingerprint density at radius 2 is 1.79 bits per heavy atom. The molecule has 0 aromatic heterocycles. The summed E-state index contributed by atoms with van der Waals surface area (Å²) in [6.45, 7) is 4.30. The Bertz CT molecular complexity index is 950. The summed E-state index contributed by atoms with van der Waals surface area (Å²) >= 11 is 0. The van der Waals surface area contributed by atoms with Gasteiger partial charge in [-0.25, -0.2) is 18.2 Å². The van der Waals surface area contributed by atoms with Crippen LogP contribution in [0.25, 0.3) is 0 Å². The molecule has 2 aromatic rings. The van der Waals surface area contributed by atoms with E-state index in [1.165, 1.54) is 48.3 Å². The highest BCUT2D eigenvalue weighted by Gasteiger charge is 2.47. The van der Waals surface area contributed by atoms with Crippen LogP contribution in [-0.2, 0) is 16.3 Å². The van der Waals surface area contributed by atoms with E-state index < -0.39 is 23.2 Å². The minimum atomic E-state index is -2.98. The van der Waals surface area contributed by atoms with E-state index >= 15 is 0 Å². The number of benzene rings is 2. The number of guanidine groups is 1. The van der Waals surface area contributed by atoms with Crippen LogP contribution in [0.1, 0.15) is 42.0 Å². The second kappa shape index (κ2) is 6.65. The van der Waals surface area contributed by atoms with E-state index in [-0.39, 0.29) is 17.4 Å². The molecule has 1 unspecified atom stereocenters. The second-order valence-corrected chi connectivity index (χ2v) is 7.42. The predicted octanol–water partition coefficient (Wildman–Crippen LogP) is 4.03. The van der Waals surface area contributed by atoms with E-state index in [4.69, 9.17) is 5.73 Å². The van der Waals surface area contributed by atoms with Gasteiger partial charge in [0.1, 0.15) is 11.4 Å². The Labute approximate surface area is 161 Å². The van der Waals surface area contributed by atoms with Crippen molar-refractivity contribution in [2.24, 2.45) is 10.7 Å². The van der Waals surface area contributed by atoms with Crippen molar-refractivity contribution in [3.63, 3.8) is 0 Å². The number of likely N-dealkylation sites (N-methyl/N-ethyl adjacent to an activating group) is 1. The van der Waals surface area contributed by atoms with Gasteiger partial charge in [0.2, 0.25) is 5.91 Å². The van der Waals surface area contributed by atoms with Crippen LogP contribution in [0, 0.1) is 12.7 Å². The Morgan fingerprint density at radius 3 is 2.32 bits per heavy atom. The molecule has 1 amide bonds. The smallest absolute Gasteiger partial charge is 0.270 e. The van der Waals surface area contributed by atoms with Gasteiger partial charge in [-0.15, -0.1) is 0 Å². The van der Waals surface area contributed by atoms with E-state index in [0.717, 1.165) is 6.92 Å². The maximum absolute atomic E-state index is 13.6. The molecule has 2 N–H and O–H groups in total. The molecule has 7 heteroatoms. The summed E-state index contributed by atoms with van der Waals surface area (Å²) in [6.07, 6.45) is 0. The summed E-state index contributed by atoms with van der Waals surface area (Å²) in [5, 5.41) is 0. The van der Waals surface area contributed by atoms with Gasteiger partial charge in [0.25, 0.3) is 5.92 Å². The van der Waals surface area contributed by atoms with Gasteiger partial charge in [-0.2, -0.15) is 0 Å². The molecule has 148 valence electrons. The number of carbonyl (C=O) groups excluding carboxylic acids is 1. The van der Waals surface area contributed by atoms with Gasteiger partial charge in [0.15, 0.2) is 5.96 Å². The lowest BCUT2D eigenvalue weighted by Gasteiger charge is -2.41. The summed E-state index contributed by atoms with van der Waals surface area (Å²) in [4.78, 5) is 18.9. The molecule has 0 radical (unpaired) electrons. The van der Waals surface area contributed by atoms with Crippen LogP contribution < -0.4 is 5.73 Å². The van der Waals surface area contributed by atoms with Gasteiger partial charge >= 0.3 is 0 Å². The fraction of sp³-hybridized carbons (Fsp3) is 0.333. The molecule has 0 spiro atoms. The van der Waals surface area contributed by atoms with E-state index in [9.17, 15) is 18.0 Å². The van der Waals surface area contributed by atoms with Crippen LogP contribution in [-0.4, -0.2) is 23.8 Å². The fourth-order valence-electron chi connectivity index (χ4n) is 3.77. The fourth-order valence-corrected chi connectivity index (χ4v) is 3.77. The summed E-state index contributed by atoms with van der Waals surface area (Å²) < 4.78 is 40.8. The number of halogens is 3. The summed E-state index contributed by atoms with van der Waals surface area (Å²) in [6, 6.07) is 9.90. The Kier molecular flexibility index (Phi) is 4.73. The summed E-state index contributed by atoms with van der Waals surface area (Å²) in [7, 11) is 1.51. The topological polar surface area (TPSA) is 58.7 Å². The quantitative estimate of drug-likeness (QED) is 0.862. The van der Waals surface area contributed by atoms with Crippen molar-refractivity contribution < 1.29 is 18.0 Å². The maximum atomic E-state index is 13.6. The molecule has 2 aromatic carbocycles. The molecule has 0 saturated heterocycles. The first kappa shape index (κ1) is 19.9. The minimum Gasteiger partial charge on any atom is -0.369 e. The van der Waals surface area contributed by atoms with Gasteiger partial charge in [-0.1, -0.05) is 30.3 Å². The normalized spacial score (nSPS) is 23.0. The second-order valence-electron chi connectivity index (χ2n) is 7.42. The van der Waals surface area contributed by atoms with Crippen molar-refractivity contribution in [1.29, 1.82) is 0 Å². The summed E-state index contributed by atoms with van der Waals surface area (Å²) in [5.41, 5.74) is 6.52. The van der Waals surface area contributed by atoms with Gasteiger partial charge in [-0.05, 0) is 42.7 Å². The molecule has 1 aliphatic heterocycles. The standard InChI is InChI=1S/C21H22F3N3O/c1-12-11-15(22)9-10-16(12)20(2)17(18(28)27(4)19(25)26-20)13-5-7-14(8-6-13)21(3,23)24/h5-11,17H,1-4H3,(H2,25,26)/t17-,20?/m0/s1. The van der Waals surface area contributed by atoms with Crippen LogP contribution >= 0.6 is 0 Å². The number of aliphatic imine (C=N–C) groups is 1.